The van der Waals surface area contributed by atoms with E-state index in [0.29, 0.717) is 24.3 Å². The van der Waals surface area contributed by atoms with Crippen LogP contribution < -0.4 is 15.0 Å². The van der Waals surface area contributed by atoms with Crippen molar-refractivity contribution in [3.63, 3.8) is 0 Å². The largest absolute Gasteiger partial charge is 0.495 e. The van der Waals surface area contributed by atoms with Gasteiger partial charge in [0.15, 0.2) is 0 Å². The average Bonchev–Trinajstić information content (AvgIpc) is 3.21. The second-order valence-corrected chi connectivity index (χ2v) is 8.01. The van der Waals surface area contributed by atoms with Crippen LogP contribution in [0.3, 0.4) is 0 Å². The third kappa shape index (κ3) is 4.04. The van der Waals surface area contributed by atoms with E-state index >= 15 is 0 Å². The molecule has 6 nitrogen and oxygen atoms in total. The van der Waals surface area contributed by atoms with Crippen molar-refractivity contribution in [2.75, 3.05) is 23.9 Å². The zero-order chi connectivity index (χ0) is 21.9. The number of aryl methyl sites for hydroxylation is 1. The highest BCUT2D eigenvalue weighted by atomic mass is 16.5. The first-order valence-electron chi connectivity index (χ1n) is 10.9. The van der Waals surface area contributed by atoms with E-state index in [-0.39, 0.29) is 5.91 Å². The van der Waals surface area contributed by atoms with Gasteiger partial charge in [0, 0.05) is 25.2 Å². The minimum atomic E-state index is -0.0234. The lowest BCUT2D eigenvalue weighted by Crippen LogP contribution is -2.33. The summed E-state index contributed by atoms with van der Waals surface area (Å²) in [7, 11) is 1.62. The van der Waals surface area contributed by atoms with Crippen LogP contribution in [0.5, 0.6) is 5.75 Å². The van der Waals surface area contributed by atoms with Crippen LogP contribution >= 0.6 is 0 Å². The Bertz CT molecular complexity index is 1250. The van der Waals surface area contributed by atoms with Gasteiger partial charge in [-0.05, 0) is 42.3 Å². The SMILES string of the molecule is COc1ccc(N2CCn3c(nc4ccccc43)C2)cc1NC(=O)CCc1ccccc1. The molecule has 0 bridgehead atoms. The maximum absolute atomic E-state index is 12.6. The number of methoxy groups -OCH3 is 1. The van der Waals surface area contributed by atoms with E-state index in [1.165, 1.54) is 5.52 Å². The first kappa shape index (κ1) is 20.1. The molecule has 0 radical (unpaired) electrons. The van der Waals surface area contributed by atoms with Gasteiger partial charge in [0.05, 0.1) is 30.4 Å². The molecule has 32 heavy (non-hydrogen) atoms. The van der Waals surface area contributed by atoms with Crippen LogP contribution in [-0.4, -0.2) is 29.1 Å². The van der Waals surface area contributed by atoms with Gasteiger partial charge in [-0.1, -0.05) is 42.5 Å². The molecular weight excluding hydrogens is 400 g/mol. The molecule has 1 aliphatic rings. The number of carbonyl (C=O) groups excluding carboxylic acids is 1. The Kier molecular flexibility index (Phi) is 5.50. The summed E-state index contributed by atoms with van der Waals surface area (Å²) in [5.41, 5.74) is 5.11. The molecule has 4 aromatic rings. The Morgan fingerprint density at radius 1 is 1.03 bits per heavy atom. The van der Waals surface area contributed by atoms with Crippen LogP contribution in [0.25, 0.3) is 11.0 Å². The summed E-state index contributed by atoms with van der Waals surface area (Å²) < 4.78 is 7.79. The second-order valence-electron chi connectivity index (χ2n) is 8.01. The van der Waals surface area contributed by atoms with E-state index in [0.717, 1.165) is 42.2 Å². The molecular formula is C26H26N4O2. The lowest BCUT2D eigenvalue weighted by atomic mass is 10.1. The van der Waals surface area contributed by atoms with Gasteiger partial charge in [0.25, 0.3) is 0 Å². The average molecular weight is 427 g/mol. The van der Waals surface area contributed by atoms with Gasteiger partial charge in [-0.25, -0.2) is 4.98 Å². The van der Waals surface area contributed by atoms with E-state index < -0.39 is 0 Å². The van der Waals surface area contributed by atoms with Crippen molar-refractivity contribution in [3.8, 4) is 5.75 Å². The number of nitrogens with one attached hydrogen (secondary N) is 1. The minimum absolute atomic E-state index is 0.0234. The molecule has 5 rings (SSSR count). The number of benzene rings is 3. The fourth-order valence-electron chi connectivity index (χ4n) is 4.29. The quantitative estimate of drug-likeness (QED) is 0.488. The summed E-state index contributed by atoms with van der Waals surface area (Å²) in [4.78, 5) is 19.7. The van der Waals surface area contributed by atoms with E-state index in [1.807, 2.05) is 54.6 Å². The number of rotatable bonds is 6. The van der Waals surface area contributed by atoms with Crippen molar-refractivity contribution >= 4 is 28.3 Å². The van der Waals surface area contributed by atoms with Crippen LogP contribution in [0.15, 0.2) is 72.8 Å². The maximum atomic E-state index is 12.6. The fourth-order valence-corrected chi connectivity index (χ4v) is 4.29. The van der Waals surface area contributed by atoms with Crippen molar-refractivity contribution in [2.45, 2.75) is 25.9 Å². The highest BCUT2D eigenvalue weighted by Gasteiger charge is 2.21. The van der Waals surface area contributed by atoms with Crippen molar-refractivity contribution in [3.05, 3.63) is 84.2 Å². The molecule has 1 N–H and O–H groups in total. The first-order valence-corrected chi connectivity index (χ1v) is 10.9. The molecule has 1 aromatic heterocycles. The number of hydrogen-bond acceptors (Lipinski definition) is 4. The Morgan fingerprint density at radius 3 is 2.69 bits per heavy atom. The molecule has 0 saturated heterocycles. The van der Waals surface area contributed by atoms with Gasteiger partial charge < -0.3 is 19.5 Å². The molecule has 3 aromatic carbocycles. The molecule has 2 heterocycles. The van der Waals surface area contributed by atoms with Gasteiger partial charge in [-0.15, -0.1) is 0 Å². The summed E-state index contributed by atoms with van der Waals surface area (Å²) in [5.74, 6) is 1.69. The fraction of sp³-hybridized carbons (Fsp3) is 0.231. The molecule has 0 spiro atoms. The predicted molar refractivity (Wildman–Crippen MR) is 127 cm³/mol. The molecule has 6 heteroatoms. The Morgan fingerprint density at radius 2 is 1.84 bits per heavy atom. The number of imidazole rings is 1. The summed E-state index contributed by atoms with van der Waals surface area (Å²) >= 11 is 0. The molecule has 0 unspecified atom stereocenters. The van der Waals surface area contributed by atoms with Crippen LogP contribution in [0.1, 0.15) is 17.8 Å². The number of nitrogens with zero attached hydrogens (tertiary/aromatic N) is 3. The highest BCUT2D eigenvalue weighted by Crippen LogP contribution is 2.32. The molecule has 1 aliphatic heterocycles. The summed E-state index contributed by atoms with van der Waals surface area (Å²) in [6.45, 7) is 2.48. The number of carbonyl (C=O) groups is 1. The minimum Gasteiger partial charge on any atom is -0.495 e. The van der Waals surface area contributed by atoms with E-state index in [4.69, 9.17) is 9.72 Å². The zero-order valence-electron chi connectivity index (χ0n) is 18.1. The van der Waals surface area contributed by atoms with Crippen molar-refractivity contribution in [1.29, 1.82) is 0 Å². The van der Waals surface area contributed by atoms with Gasteiger partial charge in [-0.3, -0.25) is 4.79 Å². The number of anilines is 2. The summed E-state index contributed by atoms with van der Waals surface area (Å²) in [6, 6.07) is 24.3. The number of para-hydroxylation sites is 2. The van der Waals surface area contributed by atoms with Crippen molar-refractivity contribution < 1.29 is 9.53 Å². The van der Waals surface area contributed by atoms with Crippen LogP contribution in [0, 0.1) is 0 Å². The van der Waals surface area contributed by atoms with E-state index in [1.54, 1.807) is 7.11 Å². The maximum Gasteiger partial charge on any atom is 0.224 e. The Balaban J connectivity index is 1.32. The number of ether oxygens (including phenoxy) is 1. The molecule has 1 amide bonds. The van der Waals surface area contributed by atoms with Crippen LogP contribution in [0.2, 0.25) is 0 Å². The molecule has 0 atom stereocenters. The van der Waals surface area contributed by atoms with Gasteiger partial charge in [0.1, 0.15) is 11.6 Å². The van der Waals surface area contributed by atoms with Gasteiger partial charge >= 0.3 is 0 Å². The predicted octanol–water partition coefficient (Wildman–Crippen LogP) is 4.64. The summed E-state index contributed by atoms with van der Waals surface area (Å²) in [5, 5.41) is 3.04. The first-order chi connectivity index (χ1) is 15.7. The molecule has 0 aliphatic carbocycles. The van der Waals surface area contributed by atoms with Gasteiger partial charge in [-0.2, -0.15) is 0 Å². The molecule has 0 saturated carbocycles. The summed E-state index contributed by atoms with van der Waals surface area (Å²) in [6.07, 6.45) is 1.13. The van der Waals surface area contributed by atoms with Crippen LogP contribution in [-0.2, 0) is 24.3 Å². The molecule has 0 fully saturated rings. The Labute approximate surface area is 187 Å². The topological polar surface area (TPSA) is 59.4 Å². The smallest absolute Gasteiger partial charge is 0.224 e. The molecule has 162 valence electrons. The zero-order valence-corrected chi connectivity index (χ0v) is 18.1. The highest BCUT2D eigenvalue weighted by molar-refractivity contribution is 5.93. The standard InChI is InChI=1S/C26H26N4O2/c1-32-24-13-12-20(17-22(24)28-26(31)14-11-19-7-3-2-4-8-19)29-15-16-30-23-10-6-5-9-21(23)27-25(30)18-29/h2-10,12-13,17H,11,14-16,18H2,1H3,(H,28,31). The second kappa shape index (κ2) is 8.75. The lowest BCUT2D eigenvalue weighted by Gasteiger charge is -2.30. The monoisotopic (exact) mass is 426 g/mol. The van der Waals surface area contributed by atoms with Crippen molar-refractivity contribution in [1.82, 2.24) is 9.55 Å². The normalized spacial score (nSPS) is 13.1. The number of fused-ring (bicyclic) bond motifs is 3. The van der Waals surface area contributed by atoms with Gasteiger partial charge in [0.2, 0.25) is 5.91 Å². The van der Waals surface area contributed by atoms with Crippen molar-refractivity contribution in [2.24, 2.45) is 0 Å². The number of amides is 1. The lowest BCUT2D eigenvalue weighted by molar-refractivity contribution is -0.116. The van der Waals surface area contributed by atoms with E-state index in [2.05, 4.69) is 33.0 Å². The third-order valence-electron chi connectivity index (χ3n) is 5.97. The number of aromatic nitrogens is 2. The Hall–Kier alpha value is -3.80. The number of hydrogen-bond donors (Lipinski definition) is 1. The van der Waals surface area contributed by atoms with Crippen LogP contribution in [0.4, 0.5) is 11.4 Å². The van der Waals surface area contributed by atoms with E-state index in [9.17, 15) is 4.79 Å². The third-order valence-corrected chi connectivity index (χ3v) is 5.97.